The third-order valence-corrected chi connectivity index (χ3v) is 3.81. The van der Waals surface area contributed by atoms with E-state index in [4.69, 9.17) is 0 Å². The average molecular weight is 241 g/mol. The van der Waals surface area contributed by atoms with Crippen LogP contribution in [0.25, 0.3) is 16.6 Å². The number of hydrogen-bond donors (Lipinski definition) is 1. The van der Waals surface area contributed by atoms with Crippen LogP contribution < -0.4 is 0 Å². The fraction of sp³-hybridized carbons (Fsp3) is 0.357. The van der Waals surface area contributed by atoms with E-state index in [0.29, 0.717) is 0 Å². The molecule has 4 heteroatoms. The summed E-state index contributed by atoms with van der Waals surface area (Å²) in [5.41, 5.74) is 3.12. The molecule has 0 amide bonds. The number of aliphatic hydroxyl groups excluding tert-OH is 1. The molecule has 1 fully saturated rings. The lowest BCUT2D eigenvalue weighted by molar-refractivity contribution is 0.270. The minimum atomic E-state index is 0.0915. The first-order chi connectivity index (χ1) is 8.86. The lowest BCUT2D eigenvalue weighted by Crippen LogP contribution is -2.05. The summed E-state index contributed by atoms with van der Waals surface area (Å²) in [5, 5.41) is 10.7. The van der Waals surface area contributed by atoms with Gasteiger partial charge in [0, 0.05) is 36.2 Å². The highest BCUT2D eigenvalue weighted by Crippen LogP contribution is 2.34. The Morgan fingerprint density at radius 2 is 2.22 bits per heavy atom. The third-order valence-electron chi connectivity index (χ3n) is 3.81. The van der Waals surface area contributed by atoms with Crippen LogP contribution in [0.5, 0.6) is 0 Å². The van der Waals surface area contributed by atoms with Gasteiger partial charge in [-0.25, -0.2) is 4.98 Å². The molecule has 1 aliphatic carbocycles. The highest BCUT2D eigenvalue weighted by atomic mass is 16.3. The van der Waals surface area contributed by atoms with Crippen molar-refractivity contribution in [1.29, 1.82) is 0 Å². The summed E-state index contributed by atoms with van der Waals surface area (Å²) >= 11 is 0. The third kappa shape index (κ3) is 1.39. The molecule has 3 aromatic heterocycles. The van der Waals surface area contributed by atoms with Gasteiger partial charge in [-0.15, -0.1) is 0 Å². The van der Waals surface area contributed by atoms with Gasteiger partial charge in [-0.3, -0.25) is 0 Å². The van der Waals surface area contributed by atoms with Crippen LogP contribution in [0, 0.1) is 5.92 Å². The van der Waals surface area contributed by atoms with E-state index in [1.807, 2.05) is 23.0 Å². The molecule has 92 valence electrons. The highest BCUT2D eigenvalue weighted by Gasteiger charge is 2.24. The van der Waals surface area contributed by atoms with E-state index in [2.05, 4.69) is 21.7 Å². The number of rotatable bonds is 3. The Morgan fingerprint density at radius 3 is 3.00 bits per heavy atom. The first kappa shape index (κ1) is 10.1. The van der Waals surface area contributed by atoms with Gasteiger partial charge in [0.2, 0.25) is 0 Å². The van der Waals surface area contributed by atoms with E-state index in [-0.39, 0.29) is 6.61 Å². The van der Waals surface area contributed by atoms with Gasteiger partial charge in [0.15, 0.2) is 5.65 Å². The molecule has 0 unspecified atom stereocenters. The minimum absolute atomic E-state index is 0.0915. The van der Waals surface area contributed by atoms with Crippen LogP contribution in [0.4, 0.5) is 0 Å². The molecule has 0 saturated heterocycles. The molecule has 0 aliphatic heterocycles. The van der Waals surface area contributed by atoms with Gasteiger partial charge in [-0.2, -0.15) is 0 Å². The first-order valence-electron chi connectivity index (χ1n) is 6.41. The number of pyridine rings is 1. The van der Waals surface area contributed by atoms with Gasteiger partial charge in [0.25, 0.3) is 0 Å². The molecule has 0 spiro atoms. The van der Waals surface area contributed by atoms with Crippen LogP contribution in [0.3, 0.4) is 0 Å². The van der Waals surface area contributed by atoms with E-state index in [9.17, 15) is 5.11 Å². The number of aromatic nitrogens is 3. The van der Waals surface area contributed by atoms with Crippen molar-refractivity contribution in [3.05, 3.63) is 36.4 Å². The van der Waals surface area contributed by atoms with Crippen LogP contribution >= 0.6 is 0 Å². The number of aliphatic hydroxyl groups is 1. The molecule has 0 aromatic carbocycles. The summed E-state index contributed by atoms with van der Waals surface area (Å²) in [7, 11) is 0. The second kappa shape index (κ2) is 3.59. The van der Waals surface area contributed by atoms with Gasteiger partial charge in [-0.1, -0.05) is 0 Å². The van der Waals surface area contributed by atoms with Crippen LogP contribution in [0.15, 0.2) is 30.7 Å². The number of hydrogen-bond acceptors (Lipinski definition) is 2. The van der Waals surface area contributed by atoms with Crippen molar-refractivity contribution in [1.82, 2.24) is 14.0 Å². The Kier molecular flexibility index (Phi) is 2.02. The Bertz CT molecular complexity index is 721. The molecule has 0 bridgehead atoms. The van der Waals surface area contributed by atoms with E-state index in [1.54, 1.807) is 0 Å². The van der Waals surface area contributed by atoms with Gasteiger partial charge in [0.1, 0.15) is 0 Å². The zero-order chi connectivity index (χ0) is 12.1. The van der Waals surface area contributed by atoms with Crippen LogP contribution in [-0.2, 0) is 13.2 Å². The summed E-state index contributed by atoms with van der Waals surface area (Å²) in [6, 6.07) is 4.17. The maximum absolute atomic E-state index is 9.53. The molecule has 4 rings (SSSR count). The first-order valence-corrected chi connectivity index (χ1v) is 6.41. The molecular weight excluding hydrogens is 226 g/mol. The quantitative estimate of drug-likeness (QED) is 0.763. The SMILES string of the molecule is OCc1cc2ccn3ccnc3c2n1CC1CC1. The van der Waals surface area contributed by atoms with Crippen LogP contribution in [-0.4, -0.2) is 19.1 Å². The van der Waals surface area contributed by atoms with E-state index < -0.39 is 0 Å². The number of nitrogens with zero attached hydrogens (tertiary/aromatic N) is 3. The topological polar surface area (TPSA) is 42.5 Å². The highest BCUT2D eigenvalue weighted by molar-refractivity contribution is 5.92. The molecule has 0 atom stereocenters. The van der Waals surface area contributed by atoms with Gasteiger partial charge < -0.3 is 14.1 Å². The van der Waals surface area contributed by atoms with Crippen molar-refractivity contribution in [3.8, 4) is 0 Å². The van der Waals surface area contributed by atoms with Crippen LogP contribution in [0.2, 0.25) is 0 Å². The molecule has 4 nitrogen and oxygen atoms in total. The summed E-state index contributed by atoms with van der Waals surface area (Å²) in [5.74, 6) is 0.779. The molecule has 1 aliphatic rings. The zero-order valence-corrected chi connectivity index (χ0v) is 10.1. The lowest BCUT2D eigenvalue weighted by atomic mass is 10.3. The second-order valence-electron chi connectivity index (χ2n) is 5.13. The number of fused-ring (bicyclic) bond motifs is 3. The Hall–Kier alpha value is -1.81. The van der Waals surface area contributed by atoms with Gasteiger partial charge >= 0.3 is 0 Å². The maximum atomic E-state index is 9.53. The van der Waals surface area contributed by atoms with E-state index in [0.717, 1.165) is 29.3 Å². The summed E-state index contributed by atoms with van der Waals surface area (Å²) in [6.45, 7) is 1.10. The van der Waals surface area contributed by atoms with E-state index in [1.165, 1.54) is 18.2 Å². The molecular formula is C14H15N3O. The standard InChI is InChI=1S/C14H15N3O/c18-9-12-7-11-3-5-16-6-4-15-14(16)13(11)17(12)8-10-1-2-10/h3-7,10,18H,1-2,8-9H2. The molecule has 0 radical (unpaired) electrons. The Labute approximate surface area is 104 Å². The average Bonchev–Trinajstić information content (AvgIpc) is 2.95. The fourth-order valence-corrected chi connectivity index (χ4v) is 2.68. The molecule has 1 saturated carbocycles. The van der Waals surface area contributed by atoms with E-state index >= 15 is 0 Å². The van der Waals surface area contributed by atoms with Crippen molar-refractivity contribution in [2.75, 3.05) is 0 Å². The molecule has 18 heavy (non-hydrogen) atoms. The Balaban J connectivity index is 2.05. The van der Waals surface area contributed by atoms with Crippen molar-refractivity contribution in [2.45, 2.75) is 26.0 Å². The maximum Gasteiger partial charge on any atom is 0.161 e. The molecule has 3 aromatic rings. The molecule has 1 N–H and O–H groups in total. The Morgan fingerprint density at radius 1 is 1.33 bits per heavy atom. The lowest BCUT2D eigenvalue weighted by Gasteiger charge is -2.08. The summed E-state index contributed by atoms with van der Waals surface area (Å²) in [6.07, 6.45) is 8.42. The summed E-state index contributed by atoms with van der Waals surface area (Å²) in [4.78, 5) is 4.44. The largest absolute Gasteiger partial charge is 0.390 e. The van der Waals surface area contributed by atoms with Gasteiger partial charge in [0.05, 0.1) is 12.1 Å². The van der Waals surface area contributed by atoms with Crippen molar-refractivity contribution in [2.24, 2.45) is 5.92 Å². The molecule has 3 heterocycles. The fourth-order valence-electron chi connectivity index (χ4n) is 2.68. The van der Waals surface area contributed by atoms with Crippen LogP contribution in [0.1, 0.15) is 18.5 Å². The minimum Gasteiger partial charge on any atom is -0.390 e. The number of imidazole rings is 1. The second-order valence-corrected chi connectivity index (χ2v) is 5.13. The smallest absolute Gasteiger partial charge is 0.161 e. The van der Waals surface area contributed by atoms with Crippen molar-refractivity contribution >= 4 is 16.6 Å². The monoisotopic (exact) mass is 241 g/mol. The summed E-state index contributed by atoms with van der Waals surface area (Å²) < 4.78 is 4.28. The van der Waals surface area contributed by atoms with Crippen molar-refractivity contribution < 1.29 is 5.11 Å². The zero-order valence-electron chi connectivity index (χ0n) is 10.1. The predicted octanol–water partition coefficient (Wildman–Crippen LogP) is 2.19. The normalized spacial score (nSPS) is 15.8. The predicted molar refractivity (Wildman–Crippen MR) is 69.3 cm³/mol. The van der Waals surface area contributed by atoms with Gasteiger partial charge in [-0.05, 0) is 30.9 Å². The van der Waals surface area contributed by atoms with Crippen molar-refractivity contribution in [3.63, 3.8) is 0 Å².